The van der Waals surface area contributed by atoms with Gasteiger partial charge in [-0.15, -0.1) is 0 Å². The maximum atomic E-state index is 11.8. The zero-order valence-corrected chi connectivity index (χ0v) is 12.1. The van der Waals surface area contributed by atoms with E-state index in [4.69, 9.17) is 19.9 Å². The number of anilines is 1. The average molecular weight is 312 g/mol. The van der Waals surface area contributed by atoms with E-state index in [2.05, 4.69) is 9.97 Å². The fraction of sp³-hybridized carbons (Fsp3) is 0.583. The number of nitrogen functional groups attached to an aromatic ring is 1. The molecule has 10 nitrogen and oxygen atoms in total. The van der Waals surface area contributed by atoms with E-state index in [0.717, 1.165) is 4.57 Å². The Morgan fingerprint density at radius 1 is 1.45 bits per heavy atom. The van der Waals surface area contributed by atoms with Crippen molar-refractivity contribution in [1.82, 2.24) is 14.5 Å². The summed E-state index contributed by atoms with van der Waals surface area (Å²) >= 11 is 0. The molecular formula is C12H16N4O6. The molecule has 3 atom stereocenters. The summed E-state index contributed by atoms with van der Waals surface area (Å²) < 4.78 is 16.8. The van der Waals surface area contributed by atoms with Crippen molar-refractivity contribution < 1.29 is 23.8 Å². The highest BCUT2D eigenvalue weighted by atomic mass is 16.6. The lowest BCUT2D eigenvalue weighted by molar-refractivity contribution is -0.155. The van der Waals surface area contributed by atoms with Gasteiger partial charge in [-0.2, -0.15) is 4.98 Å². The number of esters is 2. The van der Waals surface area contributed by atoms with Crippen LogP contribution >= 0.6 is 0 Å². The molecule has 0 amide bonds. The Morgan fingerprint density at radius 2 is 2.18 bits per heavy atom. The minimum absolute atomic E-state index is 0.0889. The van der Waals surface area contributed by atoms with Crippen molar-refractivity contribution in [3.8, 4) is 0 Å². The van der Waals surface area contributed by atoms with E-state index in [-0.39, 0.29) is 19.0 Å². The normalized spacial score (nSPS) is 24.0. The van der Waals surface area contributed by atoms with E-state index in [1.165, 1.54) is 20.2 Å². The summed E-state index contributed by atoms with van der Waals surface area (Å²) in [6.45, 7) is 2.43. The Morgan fingerprint density at radius 3 is 2.77 bits per heavy atom. The summed E-state index contributed by atoms with van der Waals surface area (Å²) in [5.41, 5.74) is 4.69. The van der Waals surface area contributed by atoms with Gasteiger partial charge in [-0.05, 0) is 0 Å². The van der Waals surface area contributed by atoms with Gasteiger partial charge in [0, 0.05) is 20.3 Å². The average Bonchev–Trinajstić information content (AvgIpc) is 2.78. The number of carbonyl (C=O) groups is 2. The smallest absolute Gasteiger partial charge is 0.354 e. The van der Waals surface area contributed by atoms with Crippen molar-refractivity contribution in [2.24, 2.45) is 0 Å². The minimum atomic E-state index is -0.738. The highest BCUT2D eigenvalue weighted by Gasteiger charge is 2.39. The van der Waals surface area contributed by atoms with Gasteiger partial charge in [-0.3, -0.25) is 14.2 Å². The molecule has 1 aromatic rings. The first-order chi connectivity index (χ1) is 10.4. The first-order valence-corrected chi connectivity index (χ1v) is 6.53. The molecular weight excluding hydrogens is 296 g/mol. The van der Waals surface area contributed by atoms with Gasteiger partial charge in [0.25, 0.3) is 0 Å². The van der Waals surface area contributed by atoms with Gasteiger partial charge in [0.15, 0.2) is 0 Å². The molecule has 1 fully saturated rings. The number of aromatic nitrogens is 3. The Bertz CT molecular complexity index is 630. The van der Waals surface area contributed by atoms with Gasteiger partial charge >= 0.3 is 17.6 Å². The molecule has 0 aromatic carbocycles. The largest absolute Gasteiger partial charge is 0.463 e. The molecule has 0 saturated carbocycles. The molecule has 1 aromatic heterocycles. The third-order valence-corrected chi connectivity index (χ3v) is 3.00. The van der Waals surface area contributed by atoms with Crippen molar-refractivity contribution in [2.45, 2.75) is 38.7 Å². The van der Waals surface area contributed by atoms with Gasteiger partial charge in [-0.25, -0.2) is 9.78 Å². The van der Waals surface area contributed by atoms with Crippen molar-refractivity contribution in [3.05, 3.63) is 16.8 Å². The van der Waals surface area contributed by atoms with Crippen LogP contribution in [-0.2, 0) is 23.8 Å². The predicted molar refractivity (Wildman–Crippen MR) is 71.4 cm³/mol. The van der Waals surface area contributed by atoms with Gasteiger partial charge in [0.2, 0.25) is 5.95 Å². The fourth-order valence-corrected chi connectivity index (χ4v) is 2.11. The molecule has 120 valence electrons. The van der Waals surface area contributed by atoms with E-state index < -0.39 is 36.1 Å². The SMILES string of the molecule is CC(=O)OC[C@H]1O[C@@H](n2cnc(N)nc2=O)CC1OC(C)=O. The van der Waals surface area contributed by atoms with Crippen molar-refractivity contribution in [1.29, 1.82) is 0 Å². The molecule has 2 rings (SSSR count). The molecule has 1 unspecified atom stereocenters. The molecule has 0 spiro atoms. The molecule has 22 heavy (non-hydrogen) atoms. The Kier molecular flexibility index (Phi) is 4.71. The summed E-state index contributed by atoms with van der Waals surface area (Å²) in [4.78, 5) is 41.1. The summed E-state index contributed by atoms with van der Waals surface area (Å²) in [7, 11) is 0. The summed E-state index contributed by atoms with van der Waals surface area (Å²) in [6.07, 6.45) is -0.654. The zero-order chi connectivity index (χ0) is 16.3. The van der Waals surface area contributed by atoms with Gasteiger partial charge in [0.05, 0.1) is 0 Å². The number of nitrogens with two attached hydrogens (primary N) is 1. The third kappa shape index (κ3) is 3.79. The second-order valence-corrected chi connectivity index (χ2v) is 4.72. The van der Waals surface area contributed by atoms with Crippen molar-refractivity contribution >= 4 is 17.9 Å². The Labute approximate surface area is 125 Å². The second kappa shape index (κ2) is 6.52. The third-order valence-electron chi connectivity index (χ3n) is 3.00. The van der Waals surface area contributed by atoms with E-state index in [9.17, 15) is 14.4 Å². The van der Waals surface area contributed by atoms with Crippen LogP contribution in [0.15, 0.2) is 11.1 Å². The van der Waals surface area contributed by atoms with E-state index >= 15 is 0 Å². The van der Waals surface area contributed by atoms with Crippen LogP contribution in [0.2, 0.25) is 0 Å². The first-order valence-electron chi connectivity index (χ1n) is 6.53. The first kappa shape index (κ1) is 15.9. The number of nitrogens with zero attached hydrogens (tertiary/aromatic N) is 3. The van der Waals surface area contributed by atoms with Crippen LogP contribution in [0.4, 0.5) is 5.95 Å². The fourth-order valence-electron chi connectivity index (χ4n) is 2.11. The van der Waals surface area contributed by atoms with Gasteiger partial charge in [0.1, 0.15) is 31.4 Å². The number of carbonyl (C=O) groups excluding carboxylic acids is 2. The van der Waals surface area contributed by atoms with Crippen LogP contribution in [0.25, 0.3) is 0 Å². The molecule has 0 aliphatic carbocycles. The van der Waals surface area contributed by atoms with Crippen LogP contribution < -0.4 is 11.4 Å². The Hall–Kier alpha value is -2.49. The lowest BCUT2D eigenvalue weighted by Crippen LogP contribution is -2.31. The standard InChI is InChI=1S/C12H16N4O6/c1-6(17)20-4-9-8(21-7(2)18)3-10(22-9)16-5-14-11(13)15-12(16)19/h5,8-10H,3-4H2,1-2H3,(H2,13,15,19)/t8?,9-,10-/m1/s1. The van der Waals surface area contributed by atoms with Crippen molar-refractivity contribution in [3.63, 3.8) is 0 Å². The quantitative estimate of drug-likeness (QED) is 0.694. The highest BCUT2D eigenvalue weighted by Crippen LogP contribution is 2.30. The second-order valence-electron chi connectivity index (χ2n) is 4.72. The maximum absolute atomic E-state index is 11.8. The van der Waals surface area contributed by atoms with E-state index in [0.29, 0.717) is 0 Å². The topological polar surface area (TPSA) is 136 Å². The monoisotopic (exact) mass is 312 g/mol. The number of ether oxygens (including phenoxy) is 3. The number of hydrogen-bond acceptors (Lipinski definition) is 9. The summed E-state index contributed by atoms with van der Waals surface area (Å²) in [6, 6.07) is 0. The molecule has 1 aliphatic heterocycles. The molecule has 2 N–H and O–H groups in total. The van der Waals surface area contributed by atoms with Crippen LogP contribution in [0.3, 0.4) is 0 Å². The van der Waals surface area contributed by atoms with Crippen LogP contribution in [-0.4, -0.2) is 45.3 Å². The number of rotatable bonds is 4. The minimum Gasteiger partial charge on any atom is -0.463 e. The molecule has 0 bridgehead atoms. The molecule has 0 radical (unpaired) electrons. The molecule has 2 heterocycles. The van der Waals surface area contributed by atoms with E-state index in [1.807, 2.05) is 0 Å². The van der Waals surface area contributed by atoms with Gasteiger partial charge < -0.3 is 19.9 Å². The van der Waals surface area contributed by atoms with Gasteiger partial charge in [-0.1, -0.05) is 0 Å². The summed E-state index contributed by atoms with van der Waals surface area (Å²) in [5.74, 6) is -1.13. The predicted octanol–water partition coefficient (Wildman–Crippen LogP) is -0.997. The number of hydrogen-bond donors (Lipinski definition) is 1. The maximum Gasteiger partial charge on any atom is 0.354 e. The lowest BCUT2D eigenvalue weighted by atomic mass is 10.2. The molecule has 10 heteroatoms. The summed E-state index contributed by atoms with van der Waals surface area (Å²) in [5, 5.41) is 0. The molecule has 1 saturated heterocycles. The molecule has 1 aliphatic rings. The lowest BCUT2D eigenvalue weighted by Gasteiger charge is -2.17. The highest BCUT2D eigenvalue weighted by molar-refractivity contribution is 5.66. The van der Waals surface area contributed by atoms with Crippen LogP contribution in [0, 0.1) is 0 Å². The van der Waals surface area contributed by atoms with Crippen LogP contribution in [0.1, 0.15) is 26.5 Å². The van der Waals surface area contributed by atoms with Crippen LogP contribution in [0.5, 0.6) is 0 Å². The Balaban J connectivity index is 2.15. The van der Waals surface area contributed by atoms with Crippen molar-refractivity contribution in [2.75, 3.05) is 12.3 Å². The zero-order valence-electron chi connectivity index (χ0n) is 12.1. The van der Waals surface area contributed by atoms with E-state index in [1.54, 1.807) is 0 Å².